The number of amides is 1. The maximum absolute atomic E-state index is 12.5. The van der Waals surface area contributed by atoms with Gasteiger partial charge in [-0.2, -0.15) is 0 Å². The second kappa shape index (κ2) is 9.70. The Morgan fingerprint density at radius 1 is 0.812 bits per heavy atom. The first-order chi connectivity index (χ1) is 15.8. The largest absolute Gasteiger partial charge is 0.352 e. The van der Waals surface area contributed by atoms with Crippen molar-refractivity contribution in [3.63, 3.8) is 0 Å². The van der Waals surface area contributed by atoms with Crippen LogP contribution in [0.3, 0.4) is 0 Å². The second-order valence-electron chi connectivity index (χ2n) is 9.24. The summed E-state index contributed by atoms with van der Waals surface area (Å²) >= 11 is 0. The Kier molecular flexibility index (Phi) is 6.36. The molecule has 1 N–H and O–H groups in total. The molecule has 1 aliphatic heterocycles. The van der Waals surface area contributed by atoms with E-state index in [0.29, 0.717) is 6.04 Å². The van der Waals surface area contributed by atoms with Crippen LogP contribution in [-0.4, -0.2) is 36.5 Å². The average Bonchev–Trinajstić information content (AvgIpc) is 3.24. The summed E-state index contributed by atoms with van der Waals surface area (Å²) < 4.78 is 0. The van der Waals surface area contributed by atoms with E-state index < -0.39 is 0 Å². The third kappa shape index (κ3) is 4.63. The van der Waals surface area contributed by atoms with Crippen LogP contribution in [0.4, 0.5) is 0 Å². The van der Waals surface area contributed by atoms with Crippen LogP contribution in [0.2, 0.25) is 0 Å². The van der Waals surface area contributed by atoms with Crippen molar-refractivity contribution in [3.8, 4) is 11.1 Å². The summed E-state index contributed by atoms with van der Waals surface area (Å²) in [5.41, 5.74) is 6.15. The second-order valence-corrected chi connectivity index (χ2v) is 9.24. The Hall–Kier alpha value is -2.91. The molecule has 0 saturated carbocycles. The Balaban J connectivity index is 1.05. The standard InChI is InChI=1S/C29H32N2O/c32-29(24-14-12-23(13-15-24)22-8-2-1-3-9-22)30-17-6-7-18-31-19-16-27-20-25-10-4-5-11-26(25)21-28(27)31/h1-5,8-15,27-28H,6-7,16-21H2,(H,30,32). The summed E-state index contributed by atoms with van der Waals surface area (Å²) in [6.07, 6.45) is 5.94. The molecule has 0 aromatic heterocycles. The van der Waals surface area contributed by atoms with Crippen molar-refractivity contribution in [1.82, 2.24) is 10.2 Å². The van der Waals surface area contributed by atoms with E-state index in [0.717, 1.165) is 43.0 Å². The lowest BCUT2D eigenvalue weighted by molar-refractivity contribution is 0.0952. The fourth-order valence-electron chi connectivity index (χ4n) is 5.45. The number of likely N-dealkylation sites (tertiary alicyclic amines) is 1. The lowest BCUT2D eigenvalue weighted by Crippen LogP contribution is -2.38. The summed E-state index contributed by atoms with van der Waals surface area (Å²) in [6, 6.07) is 27.8. The predicted octanol–water partition coefficient (Wildman–Crippen LogP) is 5.35. The lowest BCUT2D eigenvalue weighted by atomic mass is 9.80. The third-order valence-corrected chi connectivity index (χ3v) is 7.24. The minimum atomic E-state index is 0.0229. The molecule has 1 heterocycles. The molecule has 0 spiro atoms. The summed E-state index contributed by atoms with van der Waals surface area (Å²) in [6.45, 7) is 3.11. The number of hydrogen-bond acceptors (Lipinski definition) is 2. The van der Waals surface area contributed by atoms with E-state index in [1.807, 2.05) is 42.5 Å². The van der Waals surface area contributed by atoms with Gasteiger partial charge in [-0.3, -0.25) is 9.69 Å². The molecule has 32 heavy (non-hydrogen) atoms. The van der Waals surface area contributed by atoms with Gasteiger partial charge in [0.2, 0.25) is 0 Å². The molecule has 1 fully saturated rings. The Morgan fingerprint density at radius 3 is 2.28 bits per heavy atom. The molecule has 3 aromatic rings. The van der Waals surface area contributed by atoms with E-state index in [4.69, 9.17) is 0 Å². The van der Waals surface area contributed by atoms with E-state index in [9.17, 15) is 4.79 Å². The summed E-state index contributed by atoms with van der Waals surface area (Å²) in [5, 5.41) is 3.10. The molecule has 1 saturated heterocycles. The maximum Gasteiger partial charge on any atom is 0.251 e. The smallest absolute Gasteiger partial charge is 0.251 e. The fraction of sp³-hybridized carbons (Fsp3) is 0.345. The van der Waals surface area contributed by atoms with Gasteiger partial charge < -0.3 is 5.32 Å². The SMILES string of the molecule is O=C(NCCCCN1CCC2Cc3ccccc3CC21)c1ccc(-c2ccccc2)cc1. The van der Waals surface area contributed by atoms with Gasteiger partial charge in [0.25, 0.3) is 5.91 Å². The zero-order chi connectivity index (χ0) is 21.8. The van der Waals surface area contributed by atoms with Crippen LogP contribution in [0.5, 0.6) is 0 Å². The van der Waals surface area contributed by atoms with E-state index in [2.05, 4.69) is 46.6 Å². The number of rotatable bonds is 7. The summed E-state index contributed by atoms with van der Waals surface area (Å²) in [4.78, 5) is 15.2. The van der Waals surface area contributed by atoms with Crippen molar-refractivity contribution >= 4 is 5.91 Å². The zero-order valence-electron chi connectivity index (χ0n) is 18.7. The lowest BCUT2D eigenvalue weighted by Gasteiger charge is -2.33. The van der Waals surface area contributed by atoms with E-state index in [1.165, 1.54) is 31.4 Å². The average molecular weight is 425 g/mol. The predicted molar refractivity (Wildman–Crippen MR) is 131 cm³/mol. The highest BCUT2D eigenvalue weighted by molar-refractivity contribution is 5.94. The first-order valence-electron chi connectivity index (χ1n) is 12.0. The molecule has 164 valence electrons. The molecule has 1 aliphatic carbocycles. The molecule has 2 unspecified atom stereocenters. The van der Waals surface area contributed by atoms with Crippen LogP contribution in [0.25, 0.3) is 11.1 Å². The van der Waals surface area contributed by atoms with Crippen molar-refractivity contribution in [3.05, 3.63) is 95.6 Å². The molecule has 3 nitrogen and oxygen atoms in total. The highest BCUT2D eigenvalue weighted by atomic mass is 16.1. The van der Waals surface area contributed by atoms with Crippen molar-refractivity contribution in [1.29, 1.82) is 0 Å². The highest BCUT2D eigenvalue weighted by Crippen LogP contribution is 2.35. The van der Waals surface area contributed by atoms with Crippen LogP contribution >= 0.6 is 0 Å². The number of hydrogen-bond donors (Lipinski definition) is 1. The number of benzene rings is 3. The zero-order valence-corrected chi connectivity index (χ0v) is 18.7. The van der Waals surface area contributed by atoms with Gasteiger partial charge in [0.05, 0.1) is 0 Å². The first kappa shape index (κ1) is 21.0. The quantitative estimate of drug-likeness (QED) is 0.518. The van der Waals surface area contributed by atoms with Gasteiger partial charge in [-0.05, 0) is 85.5 Å². The van der Waals surface area contributed by atoms with Gasteiger partial charge in [-0.15, -0.1) is 0 Å². The summed E-state index contributed by atoms with van der Waals surface area (Å²) in [7, 11) is 0. The van der Waals surface area contributed by atoms with E-state index >= 15 is 0 Å². The molecular formula is C29H32N2O. The number of nitrogens with zero attached hydrogens (tertiary/aromatic N) is 1. The highest BCUT2D eigenvalue weighted by Gasteiger charge is 2.36. The Bertz CT molecular complexity index is 1040. The molecule has 3 heteroatoms. The normalized spacial score (nSPS) is 19.9. The van der Waals surface area contributed by atoms with Gasteiger partial charge in [0, 0.05) is 18.2 Å². The van der Waals surface area contributed by atoms with Crippen LogP contribution in [0.15, 0.2) is 78.9 Å². The maximum atomic E-state index is 12.5. The van der Waals surface area contributed by atoms with Crippen molar-refractivity contribution in [2.24, 2.45) is 5.92 Å². The molecule has 1 amide bonds. The number of carbonyl (C=O) groups is 1. The topological polar surface area (TPSA) is 32.3 Å². The van der Waals surface area contributed by atoms with Crippen LogP contribution in [0.1, 0.15) is 40.7 Å². The van der Waals surface area contributed by atoms with Gasteiger partial charge in [-0.1, -0.05) is 66.7 Å². The van der Waals surface area contributed by atoms with Gasteiger partial charge >= 0.3 is 0 Å². The molecule has 3 aromatic carbocycles. The number of unbranched alkanes of at least 4 members (excludes halogenated alkanes) is 1. The molecular weight excluding hydrogens is 392 g/mol. The fourth-order valence-corrected chi connectivity index (χ4v) is 5.45. The number of nitrogens with one attached hydrogen (secondary N) is 1. The molecule has 5 rings (SSSR count). The third-order valence-electron chi connectivity index (χ3n) is 7.24. The number of fused-ring (bicyclic) bond motifs is 2. The van der Waals surface area contributed by atoms with Gasteiger partial charge in [-0.25, -0.2) is 0 Å². The van der Waals surface area contributed by atoms with Crippen LogP contribution in [-0.2, 0) is 12.8 Å². The van der Waals surface area contributed by atoms with Crippen molar-refractivity contribution in [2.75, 3.05) is 19.6 Å². The van der Waals surface area contributed by atoms with Gasteiger partial charge in [0.1, 0.15) is 0 Å². The molecule has 0 radical (unpaired) electrons. The molecule has 2 aliphatic rings. The van der Waals surface area contributed by atoms with E-state index in [1.54, 1.807) is 11.1 Å². The monoisotopic (exact) mass is 424 g/mol. The van der Waals surface area contributed by atoms with Crippen molar-refractivity contribution in [2.45, 2.75) is 38.1 Å². The molecule has 0 bridgehead atoms. The van der Waals surface area contributed by atoms with Crippen LogP contribution in [0, 0.1) is 5.92 Å². The van der Waals surface area contributed by atoms with E-state index in [-0.39, 0.29) is 5.91 Å². The Labute approximate surface area is 191 Å². The summed E-state index contributed by atoms with van der Waals surface area (Å²) in [5.74, 6) is 0.846. The van der Waals surface area contributed by atoms with Crippen LogP contribution < -0.4 is 5.32 Å². The first-order valence-corrected chi connectivity index (χ1v) is 12.0. The minimum absolute atomic E-state index is 0.0229. The van der Waals surface area contributed by atoms with Gasteiger partial charge in [0.15, 0.2) is 0 Å². The number of carbonyl (C=O) groups excluding carboxylic acids is 1. The van der Waals surface area contributed by atoms with Crippen molar-refractivity contribution < 1.29 is 4.79 Å². The molecule has 2 atom stereocenters. The minimum Gasteiger partial charge on any atom is -0.352 e. The Morgan fingerprint density at radius 2 is 1.50 bits per heavy atom.